The molecule has 1 fully saturated rings. The van der Waals surface area contributed by atoms with E-state index in [4.69, 9.17) is 9.47 Å². The molecule has 1 heterocycles. The summed E-state index contributed by atoms with van der Waals surface area (Å²) in [5.74, 6) is 1.51. The van der Waals surface area contributed by atoms with Gasteiger partial charge >= 0.3 is 0 Å². The van der Waals surface area contributed by atoms with Crippen LogP contribution in [0.1, 0.15) is 32.8 Å². The van der Waals surface area contributed by atoms with Crippen molar-refractivity contribution in [3.8, 4) is 5.75 Å². The van der Waals surface area contributed by atoms with Gasteiger partial charge in [-0.3, -0.25) is 0 Å². The summed E-state index contributed by atoms with van der Waals surface area (Å²) in [5, 5.41) is 3.48. The molecule has 1 N–H and O–H groups in total. The first kappa shape index (κ1) is 14.4. The van der Waals surface area contributed by atoms with E-state index < -0.39 is 0 Å². The van der Waals surface area contributed by atoms with Crippen LogP contribution in [0.3, 0.4) is 0 Å². The minimum Gasteiger partial charge on any atom is -0.493 e. The van der Waals surface area contributed by atoms with E-state index in [9.17, 15) is 0 Å². The highest BCUT2D eigenvalue weighted by molar-refractivity contribution is 5.27. The maximum absolute atomic E-state index is 5.79. The summed E-state index contributed by atoms with van der Waals surface area (Å²) in [6, 6.07) is 8.35. The Labute approximate surface area is 116 Å². The molecule has 1 aliphatic rings. The molecule has 0 saturated carbocycles. The molecule has 2 rings (SSSR count). The lowest BCUT2D eigenvalue weighted by atomic mass is 10.1. The molecule has 0 aliphatic carbocycles. The summed E-state index contributed by atoms with van der Waals surface area (Å²) >= 11 is 0. The molecule has 1 aromatic rings. The molecular weight excluding hydrogens is 238 g/mol. The van der Waals surface area contributed by atoms with Crippen LogP contribution in [0.25, 0.3) is 0 Å². The first-order valence-corrected chi connectivity index (χ1v) is 7.07. The maximum atomic E-state index is 5.79. The Kier molecular flexibility index (Phi) is 4.83. The van der Waals surface area contributed by atoms with Gasteiger partial charge in [0.25, 0.3) is 0 Å². The van der Waals surface area contributed by atoms with E-state index in [0.29, 0.717) is 5.92 Å². The molecule has 0 amide bonds. The lowest BCUT2D eigenvalue weighted by Gasteiger charge is -2.20. The van der Waals surface area contributed by atoms with Crippen molar-refractivity contribution in [2.24, 2.45) is 5.92 Å². The zero-order chi connectivity index (χ0) is 13.7. The van der Waals surface area contributed by atoms with E-state index in [2.05, 4.69) is 50.4 Å². The lowest BCUT2D eigenvalue weighted by Crippen LogP contribution is -2.35. The molecule has 3 nitrogen and oxygen atoms in total. The summed E-state index contributed by atoms with van der Waals surface area (Å²) in [7, 11) is 0. The Morgan fingerprint density at radius 3 is 2.58 bits per heavy atom. The fraction of sp³-hybridized carbons (Fsp3) is 0.625. The second-order valence-electron chi connectivity index (χ2n) is 6.29. The van der Waals surface area contributed by atoms with Crippen LogP contribution in [0.5, 0.6) is 5.75 Å². The van der Waals surface area contributed by atoms with E-state index in [0.717, 1.165) is 38.5 Å². The molecule has 0 bridgehead atoms. The van der Waals surface area contributed by atoms with Crippen molar-refractivity contribution in [3.63, 3.8) is 0 Å². The van der Waals surface area contributed by atoms with Gasteiger partial charge in [0.05, 0.1) is 13.2 Å². The van der Waals surface area contributed by atoms with Crippen molar-refractivity contribution in [1.82, 2.24) is 5.32 Å². The summed E-state index contributed by atoms with van der Waals surface area (Å²) in [6.07, 6.45) is 1.12. The van der Waals surface area contributed by atoms with Gasteiger partial charge < -0.3 is 14.8 Å². The van der Waals surface area contributed by atoms with Crippen LogP contribution < -0.4 is 10.1 Å². The molecule has 1 aromatic carbocycles. The largest absolute Gasteiger partial charge is 0.493 e. The van der Waals surface area contributed by atoms with Crippen LogP contribution >= 0.6 is 0 Å². The predicted molar refractivity (Wildman–Crippen MR) is 77.5 cm³/mol. The SMILES string of the molecule is CC(C)(C)NCc1ccc(OCC2CCOC2)cc1. The number of hydrogen-bond donors (Lipinski definition) is 1. The predicted octanol–water partition coefficient (Wildman–Crippen LogP) is 2.99. The maximum Gasteiger partial charge on any atom is 0.119 e. The van der Waals surface area contributed by atoms with Crippen LogP contribution in [0.2, 0.25) is 0 Å². The molecule has 0 spiro atoms. The van der Waals surface area contributed by atoms with Crippen LogP contribution in [-0.2, 0) is 11.3 Å². The van der Waals surface area contributed by atoms with Gasteiger partial charge in [0.2, 0.25) is 0 Å². The van der Waals surface area contributed by atoms with Gasteiger partial charge in [0.15, 0.2) is 0 Å². The first-order valence-electron chi connectivity index (χ1n) is 7.07. The molecule has 19 heavy (non-hydrogen) atoms. The van der Waals surface area contributed by atoms with Gasteiger partial charge in [-0.2, -0.15) is 0 Å². The van der Waals surface area contributed by atoms with Gasteiger partial charge in [-0.25, -0.2) is 0 Å². The Bertz CT molecular complexity index is 375. The van der Waals surface area contributed by atoms with E-state index in [1.54, 1.807) is 0 Å². The van der Waals surface area contributed by atoms with Crippen LogP contribution in [-0.4, -0.2) is 25.4 Å². The van der Waals surface area contributed by atoms with Crippen molar-refractivity contribution in [2.45, 2.75) is 39.3 Å². The smallest absolute Gasteiger partial charge is 0.119 e. The number of ether oxygens (including phenoxy) is 2. The molecule has 1 unspecified atom stereocenters. The van der Waals surface area contributed by atoms with Crippen molar-refractivity contribution in [2.75, 3.05) is 19.8 Å². The van der Waals surface area contributed by atoms with Crippen molar-refractivity contribution in [1.29, 1.82) is 0 Å². The first-order chi connectivity index (χ1) is 9.03. The monoisotopic (exact) mass is 263 g/mol. The average Bonchev–Trinajstić information content (AvgIpc) is 2.87. The molecule has 1 saturated heterocycles. The van der Waals surface area contributed by atoms with E-state index >= 15 is 0 Å². The fourth-order valence-corrected chi connectivity index (χ4v) is 2.00. The van der Waals surface area contributed by atoms with Crippen LogP contribution in [0.4, 0.5) is 0 Å². The van der Waals surface area contributed by atoms with Gasteiger partial charge in [-0.1, -0.05) is 12.1 Å². The van der Waals surface area contributed by atoms with E-state index in [1.165, 1.54) is 5.56 Å². The molecule has 1 atom stereocenters. The van der Waals surface area contributed by atoms with Gasteiger partial charge in [-0.05, 0) is 44.9 Å². The summed E-state index contributed by atoms with van der Waals surface area (Å²) < 4.78 is 11.1. The fourth-order valence-electron chi connectivity index (χ4n) is 2.00. The summed E-state index contributed by atoms with van der Waals surface area (Å²) in [4.78, 5) is 0. The lowest BCUT2D eigenvalue weighted by molar-refractivity contribution is 0.167. The Morgan fingerprint density at radius 1 is 1.26 bits per heavy atom. The van der Waals surface area contributed by atoms with E-state index in [1.807, 2.05) is 0 Å². The highest BCUT2D eigenvalue weighted by Gasteiger charge is 2.16. The zero-order valence-electron chi connectivity index (χ0n) is 12.2. The van der Waals surface area contributed by atoms with Crippen molar-refractivity contribution >= 4 is 0 Å². The van der Waals surface area contributed by atoms with Crippen molar-refractivity contribution in [3.05, 3.63) is 29.8 Å². The highest BCUT2D eigenvalue weighted by Crippen LogP contribution is 2.17. The van der Waals surface area contributed by atoms with Crippen LogP contribution in [0.15, 0.2) is 24.3 Å². The molecular formula is C16H25NO2. The minimum atomic E-state index is 0.150. The standard InChI is InChI=1S/C16H25NO2/c1-16(2,3)17-10-13-4-6-15(7-5-13)19-12-14-8-9-18-11-14/h4-7,14,17H,8-12H2,1-3H3. The van der Waals surface area contributed by atoms with Crippen LogP contribution in [0, 0.1) is 5.92 Å². The normalized spacial score (nSPS) is 19.6. The Hall–Kier alpha value is -1.06. The topological polar surface area (TPSA) is 30.5 Å². The highest BCUT2D eigenvalue weighted by atomic mass is 16.5. The number of rotatable bonds is 5. The second-order valence-corrected chi connectivity index (χ2v) is 6.29. The third-order valence-corrected chi connectivity index (χ3v) is 3.26. The third-order valence-electron chi connectivity index (χ3n) is 3.26. The van der Waals surface area contributed by atoms with Crippen molar-refractivity contribution < 1.29 is 9.47 Å². The quantitative estimate of drug-likeness (QED) is 0.886. The molecule has 0 aromatic heterocycles. The Morgan fingerprint density at radius 2 is 2.00 bits per heavy atom. The van der Waals surface area contributed by atoms with Gasteiger partial charge in [0, 0.05) is 24.6 Å². The molecule has 1 aliphatic heterocycles. The molecule has 0 radical (unpaired) electrons. The van der Waals surface area contributed by atoms with Gasteiger partial charge in [-0.15, -0.1) is 0 Å². The second kappa shape index (κ2) is 6.40. The molecule has 3 heteroatoms. The molecule has 106 valence electrons. The number of nitrogens with one attached hydrogen (secondary N) is 1. The minimum absolute atomic E-state index is 0.150. The van der Waals surface area contributed by atoms with E-state index in [-0.39, 0.29) is 5.54 Å². The average molecular weight is 263 g/mol. The summed E-state index contributed by atoms with van der Waals surface area (Å²) in [5.41, 5.74) is 1.43. The van der Waals surface area contributed by atoms with Gasteiger partial charge in [0.1, 0.15) is 5.75 Å². The third kappa shape index (κ3) is 5.21. The number of hydrogen-bond acceptors (Lipinski definition) is 3. The summed E-state index contributed by atoms with van der Waals surface area (Å²) in [6.45, 7) is 9.90. The zero-order valence-corrected chi connectivity index (χ0v) is 12.2. The number of benzene rings is 1. The Balaban J connectivity index is 1.77.